The third-order valence-electron chi connectivity index (χ3n) is 5.13. The number of rotatable bonds is 2. The van der Waals surface area contributed by atoms with Gasteiger partial charge in [-0.1, -0.05) is 51.3 Å². The first kappa shape index (κ1) is 13.2. The molecule has 1 aromatic rings. The van der Waals surface area contributed by atoms with Crippen molar-refractivity contribution in [3.05, 3.63) is 34.9 Å². The molecule has 1 atom stereocenters. The summed E-state index contributed by atoms with van der Waals surface area (Å²) in [7, 11) is 0. The molecule has 0 amide bonds. The predicted octanol–water partition coefficient (Wildman–Crippen LogP) is 4.58. The van der Waals surface area contributed by atoms with Gasteiger partial charge in [0, 0.05) is 13.1 Å². The third kappa shape index (κ3) is 2.72. The Morgan fingerprint density at radius 1 is 1.11 bits per heavy atom. The van der Waals surface area contributed by atoms with E-state index in [1.807, 2.05) is 0 Å². The normalized spacial score (nSPS) is 24.5. The molecule has 1 fully saturated rings. The lowest BCUT2D eigenvalue weighted by Crippen LogP contribution is -2.31. The maximum absolute atomic E-state index is 3.60. The second-order valence-electron chi connectivity index (χ2n) is 6.77. The maximum atomic E-state index is 3.60. The lowest BCUT2D eigenvalue weighted by molar-refractivity contribution is 0.430. The van der Waals surface area contributed by atoms with Gasteiger partial charge in [-0.25, -0.2) is 0 Å². The molecule has 1 aliphatic heterocycles. The highest BCUT2D eigenvalue weighted by atomic mass is 14.9. The highest BCUT2D eigenvalue weighted by Gasteiger charge is 2.24. The molecule has 1 heterocycles. The number of hydrogen-bond acceptors (Lipinski definition) is 1. The Balaban J connectivity index is 1.86. The first-order valence-corrected chi connectivity index (χ1v) is 8.09. The molecule has 0 aromatic heterocycles. The van der Waals surface area contributed by atoms with Crippen molar-refractivity contribution >= 4 is 0 Å². The van der Waals surface area contributed by atoms with Crippen molar-refractivity contribution in [2.75, 3.05) is 6.54 Å². The van der Waals surface area contributed by atoms with Crippen LogP contribution in [-0.2, 0) is 6.54 Å². The van der Waals surface area contributed by atoms with Gasteiger partial charge >= 0.3 is 0 Å². The average molecular weight is 257 g/mol. The summed E-state index contributed by atoms with van der Waals surface area (Å²) in [5.74, 6) is 2.26. The van der Waals surface area contributed by atoms with E-state index in [9.17, 15) is 0 Å². The van der Waals surface area contributed by atoms with E-state index in [1.165, 1.54) is 32.1 Å². The van der Waals surface area contributed by atoms with E-state index >= 15 is 0 Å². The Kier molecular flexibility index (Phi) is 3.93. The standard InChI is InChI=1S/C18H27N/c1-13(2)18-12-19-11-16-10-15(8-9-17(16)18)14-6-4-3-5-7-14/h8-10,13-14,18-19H,3-7,11-12H2,1-2H3. The third-order valence-corrected chi connectivity index (χ3v) is 5.13. The molecule has 1 aromatic carbocycles. The van der Waals surface area contributed by atoms with Gasteiger partial charge in [0.15, 0.2) is 0 Å². The molecule has 0 radical (unpaired) electrons. The average Bonchev–Trinajstić information content (AvgIpc) is 2.47. The Bertz CT molecular complexity index is 429. The quantitative estimate of drug-likeness (QED) is 0.818. The van der Waals surface area contributed by atoms with Crippen LogP contribution in [0.2, 0.25) is 0 Å². The molecule has 3 rings (SSSR count). The minimum absolute atomic E-state index is 0.698. The molecule has 104 valence electrons. The fourth-order valence-corrected chi connectivity index (χ4v) is 3.90. The highest BCUT2D eigenvalue weighted by Crippen LogP contribution is 2.36. The second kappa shape index (κ2) is 5.66. The first-order chi connectivity index (χ1) is 9.25. The molecule has 0 bridgehead atoms. The molecule has 19 heavy (non-hydrogen) atoms. The summed E-state index contributed by atoms with van der Waals surface area (Å²) >= 11 is 0. The SMILES string of the molecule is CC(C)C1CNCc2cc(C3CCCCC3)ccc21. The Labute approximate surface area is 117 Å². The zero-order chi connectivity index (χ0) is 13.2. The van der Waals surface area contributed by atoms with Gasteiger partial charge < -0.3 is 5.32 Å². The number of hydrogen-bond donors (Lipinski definition) is 1. The summed E-state index contributed by atoms with van der Waals surface area (Å²) in [6.07, 6.45) is 7.10. The molecule has 0 saturated heterocycles. The molecular weight excluding hydrogens is 230 g/mol. The molecule has 1 N–H and O–H groups in total. The van der Waals surface area contributed by atoms with Crippen LogP contribution in [0.15, 0.2) is 18.2 Å². The fourth-order valence-electron chi connectivity index (χ4n) is 3.90. The maximum Gasteiger partial charge on any atom is 0.0208 e. The summed E-state index contributed by atoms with van der Waals surface area (Å²) in [4.78, 5) is 0. The second-order valence-corrected chi connectivity index (χ2v) is 6.77. The molecule has 1 heteroatoms. The Morgan fingerprint density at radius 3 is 2.63 bits per heavy atom. The van der Waals surface area contributed by atoms with Gasteiger partial charge in [0.1, 0.15) is 0 Å². The van der Waals surface area contributed by atoms with Gasteiger partial charge in [-0.2, -0.15) is 0 Å². The van der Waals surface area contributed by atoms with Gasteiger partial charge in [0.25, 0.3) is 0 Å². The number of nitrogens with one attached hydrogen (secondary N) is 1. The molecular formula is C18H27N. The van der Waals surface area contributed by atoms with Crippen LogP contribution in [0.4, 0.5) is 0 Å². The summed E-state index contributed by atoms with van der Waals surface area (Å²) in [6, 6.07) is 7.37. The van der Waals surface area contributed by atoms with Crippen LogP contribution in [0, 0.1) is 5.92 Å². The van der Waals surface area contributed by atoms with Crippen molar-refractivity contribution < 1.29 is 0 Å². The fraction of sp³-hybridized carbons (Fsp3) is 0.667. The lowest BCUT2D eigenvalue weighted by Gasteiger charge is -2.31. The van der Waals surface area contributed by atoms with Crippen LogP contribution < -0.4 is 5.32 Å². The topological polar surface area (TPSA) is 12.0 Å². The minimum Gasteiger partial charge on any atom is -0.312 e. The lowest BCUT2D eigenvalue weighted by atomic mass is 9.79. The smallest absolute Gasteiger partial charge is 0.0208 e. The van der Waals surface area contributed by atoms with Crippen LogP contribution in [0.25, 0.3) is 0 Å². The van der Waals surface area contributed by atoms with Gasteiger partial charge in [0.2, 0.25) is 0 Å². The van der Waals surface area contributed by atoms with E-state index in [0.29, 0.717) is 5.92 Å². The highest BCUT2D eigenvalue weighted by molar-refractivity contribution is 5.38. The molecule has 2 aliphatic rings. The van der Waals surface area contributed by atoms with Crippen molar-refractivity contribution in [1.82, 2.24) is 5.32 Å². The van der Waals surface area contributed by atoms with E-state index in [1.54, 1.807) is 16.7 Å². The largest absolute Gasteiger partial charge is 0.312 e. The predicted molar refractivity (Wildman–Crippen MR) is 81.6 cm³/mol. The molecule has 0 spiro atoms. The Hall–Kier alpha value is -0.820. The molecule has 1 saturated carbocycles. The molecule has 1 nitrogen and oxygen atoms in total. The van der Waals surface area contributed by atoms with Gasteiger partial charge in [-0.05, 0) is 47.3 Å². The van der Waals surface area contributed by atoms with Gasteiger partial charge in [0.05, 0.1) is 0 Å². The van der Waals surface area contributed by atoms with E-state index < -0.39 is 0 Å². The van der Waals surface area contributed by atoms with Crippen molar-refractivity contribution in [3.8, 4) is 0 Å². The zero-order valence-corrected chi connectivity index (χ0v) is 12.4. The monoisotopic (exact) mass is 257 g/mol. The van der Waals surface area contributed by atoms with Gasteiger partial charge in [-0.15, -0.1) is 0 Å². The molecule has 1 unspecified atom stereocenters. The van der Waals surface area contributed by atoms with Crippen LogP contribution in [0.5, 0.6) is 0 Å². The number of fused-ring (bicyclic) bond motifs is 1. The summed E-state index contributed by atoms with van der Waals surface area (Å²) in [5.41, 5.74) is 4.77. The van der Waals surface area contributed by atoms with Crippen molar-refractivity contribution in [2.24, 2.45) is 5.92 Å². The van der Waals surface area contributed by atoms with Crippen LogP contribution in [-0.4, -0.2) is 6.54 Å². The van der Waals surface area contributed by atoms with E-state index in [2.05, 4.69) is 37.4 Å². The van der Waals surface area contributed by atoms with Crippen molar-refractivity contribution in [3.63, 3.8) is 0 Å². The molecule has 1 aliphatic carbocycles. The van der Waals surface area contributed by atoms with Crippen LogP contribution in [0.3, 0.4) is 0 Å². The summed E-state index contributed by atoms with van der Waals surface area (Å²) in [5, 5.41) is 3.60. The van der Waals surface area contributed by atoms with Crippen molar-refractivity contribution in [2.45, 2.75) is 64.3 Å². The van der Waals surface area contributed by atoms with E-state index in [4.69, 9.17) is 0 Å². The minimum atomic E-state index is 0.698. The van der Waals surface area contributed by atoms with Crippen molar-refractivity contribution in [1.29, 1.82) is 0 Å². The van der Waals surface area contributed by atoms with Gasteiger partial charge in [-0.3, -0.25) is 0 Å². The van der Waals surface area contributed by atoms with Crippen LogP contribution >= 0.6 is 0 Å². The number of benzene rings is 1. The van der Waals surface area contributed by atoms with E-state index in [0.717, 1.165) is 24.9 Å². The summed E-state index contributed by atoms with van der Waals surface area (Å²) in [6.45, 7) is 6.90. The zero-order valence-electron chi connectivity index (χ0n) is 12.4. The van der Waals surface area contributed by atoms with E-state index in [-0.39, 0.29) is 0 Å². The Morgan fingerprint density at radius 2 is 1.89 bits per heavy atom. The summed E-state index contributed by atoms with van der Waals surface area (Å²) < 4.78 is 0. The first-order valence-electron chi connectivity index (χ1n) is 8.09. The van der Waals surface area contributed by atoms with Crippen LogP contribution in [0.1, 0.15) is 74.5 Å².